The first-order valence-electron chi connectivity index (χ1n) is 10.3. The molecule has 0 saturated carbocycles. The second-order valence-corrected chi connectivity index (χ2v) is 7.36. The second kappa shape index (κ2) is 9.45. The smallest absolute Gasteiger partial charge is 0.322 e. The van der Waals surface area contributed by atoms with Gasteiger partial charge in [-0.25, -0.2) is 24.3 Å². The van der Waals surface area contributed by atoms with Crippen LogP contribution in [-0.4, -0.2) is 32.9 Å². The molecule has 34 heavy (non-hydrogen) atoms. The number of hydrogen-bond donors (Lipinski definition) is 1. The number of anilines is 2. The maximum atomic E-state index is 14.9. The standard InChI is InChI=1S/C25H21FN6O2/c1-4-21(33)32(3)18-8-5-16(6-9-18)23-22(24(27)30-14-29-23)17-7-10-20(19(26)13-17)34-25-28-12-11-15(2)31-25/h4-14H,1H2,2-3H3,(H2,27,29,30). The van der Waals surface area contributed by atoms with Gasteiger partial charge in [0.2, 0.25) is 5.91 Å². The van der Waals surface area contributed by atoms with Crippen molar-refractivity contribution in [2.75, 3.05) is 17.7 Å². The van der Waals surface area contributed by atoms with Crippen LogP contribution in [0.15, 0.2) is 73.7 Å². The maximum absolute atomic E-state index is 14.9. The van der Waals surface area contributed by atoms with Crippen molar-refractivity contribution in [3.8, 4) is 34.1 Å². The number of aromatic nitrogens is 4. The van der Waals surface area contributed by atoms with E-state index in [2.05, 4.69) is 26.5 Å². The molecule has 0 bridgehead atoms. The molecule has 0 aliphatic heterocycles. The van der Waals surface area contributed by atoms with Gasteiger partial charge in [0.25, 0.3) is 0 Å². The quantitative estimate of drug-likeness (QED) is 0.424. The highest BCUT2D eigenvalue weighted by Crippen LogP contribution is 2.36. The number of halogens is 1. The summed E-state index contributed by atoms with van der Waals surface area (Å²) in [5, 5.41) is 0. The number of nitrogen functional groups attached to an aromatic ring is 1. The molecule has 2 aromatic heterocycles. The number of likely N-dealkylation sites (N-methyl/N-ethyl adjacent to an activating group) is 1. The third kappa shape index (κ3) is 4.58. The minimum absolute atomic E-state index is 0.0226. The maximum Gasteiger partial charge on any atom is 0.322 e. The molecule has 0 aliphatic rings. The minimum Gasteiger partial charge on any atom is -0.421 e. The van der Waals surface area contributed by atoms with Gasteiger partial charge in [0.05, 0.1) is 11.3 Å². The summed E-state index contributed by atoms with van der Waals surface area (Å²) in [5.41, 5.74) is 9.75. The van der Waals surface area contributed by atoms with E-state index in [9.17, 15) is 9.18 Å². The third-order valence-corrected chi connectivity index (χ3v) is 5.10. The van der Waals surface area contributed by atoms with Gasteiger partial charge >= 0.3 is 6.01 Å². The van der Waals surface area contributed by atoms with Gasteiger partial charge in [-0.05, 0) is 48.9 Å². The van der Waals surface area contributed by atoms with E-state index in [4.69, 9.17) is 10.5 Å². The summed E-state index contributed by atoms with van der Waals surface area (Å²) in [6.45, 7) is 5.29. The monoisotopic (exact) mass is 456 g/mol. The Balaban J connectivity index is 1.69. The Morgan fingerprint density at radius 1 is 1.09 bits per heavy atom. The predicted molar refractivity (Wildman–Crippen MR) is 128 cm³/mol. The molecule has 8 nitrogen and oxygen atoms in total. The van der Waals surface area contributed by atoms with Gasteiger partial charge < -0.3 is 15.4 Å². The van der Waals surface area contributed by atoms with Gasteiger partial charge in [0.1, 0.15) is 12.1 Å². The summed E-state index contributed by atoms with van der Waals surface area (Å²) in [7, 11) is 1.65. The van der Waals surface area contributed by atoms with Crippen LogP contribution in [0.3, 0.4) is 0 Å². The number of ether oxygens (including phenoxy) is 1. The molecule has 0 atom stereocenters. The molecule has 2 N–H and O–H groups in total. The van der Waals surface area contributed by atoms with Crippen molar-refractivity contribution in [1.29, 1.82) is 0 Å². The number of carbonyl (C=O) groups is 1. The lowest BCUT2D eigenvalue weighted by molar-refractivity contribution is -0.113. The molecule has 0 fully saturated rings. The molecule has 0 unspecified atom stereocenters. The fourth-order valence-electron chi connectivity index (χ4n) is 3.32. The Morgan fingerprint density at radius 3 is 2.50 bits per heavy atom. The third-order valence-electron chi connectivity index (χ3n) is 5.10. The van der Waals surface area contributed by atoms with Crippen molar-refractivity contribution in [3.05, 3.63) is 85.2 Å². The average molecular weight is 456 g/mol. The first-order valence-corrected chi connectivity index (χ1v) is 10.3. The number of nitrogens with two attached hydrogens (primary N) is 1. The van der Waals surface area contributed by atoms with Crippen molar-refractivity contribution in [2.24, 2.45) is 0 Å². The van der Waals surface area contributed by atoms with Crippen molar-refractivity contribution in [2.45, 2.75) is 6.92 Å². The van der Waals surface area contributed by atoms with Gasteiger partial charge in [0, 0.05) is 30.2 Å². The van der Waals surface area contributed by atoms with Crippen molar-refractivity contribution < 1.29 is 13.9 Å². The summed E-state index contributed by atoms with van der Waals surface area (Å²) in [6, 6.07) is 13.4. The van der Waals surface area contributed by atoms with E-state index in [1.807, 2.05) is 0 Å². The zero-order chi connectivity index (χ0) is 24.2. The van der Waals surface area contributed by atoms with Gasteiger partial charge in [-0.1, -0.05) is 24.8 Å². The van der Waals surface area contributed by atoms with E-state index in [1.165, 1.54) is 35.6 Å². The molecule has 4 rings (SSSR count). The molecule has 1 amide bonds. The first-order chi connectivity index (χ1) is 16.4. The lowest BCUT2D eigenvalue weighted by Gasteiger charge is -2.16. The number of hydrogen-bond acceptors (Lipinski definition) is 7. The Morgan fingerprint density at radius 2 is 1.82 bits per heavy atom. The van der Waals surface area contributed by atoms with Crippen LogP contribution >= 0.6 is 0 Å². The Bertz CT molecular complexity index is 1370. The highest BCUT2D eigenvalue weighted by Gasteiger charge is 2.17. The Labute approximate surface area is 195 Å². The van der Waals surface area contributed by atoms with Gasteiger partial charge in [-0.15, -0.1) is 0 Å². The Hall–Kier alpha value is -4.66. The molecule has 2 aromatic carbocycles. The van der Waals surface area contributed by atoms with Crippen LogP contribution in [0.4, 0.5) is 15.9 Å². The molecule has 4 aromatic rings. The molecule has 0 saturated heterocycles. The van der Waals surface area contributed by atoms with Crippen molar-refractivity contribution in [3.63, 3.8) is 0 Å². The summed E-state index contributed by atoms with van der Waals surface area (Å²) in [6.07, 6.45) is 4.12. The van der Waals surface area contributed by atoms with E-state index in [0.717, 1.165) is 5.56 Å². The molecule has 170 valence electrons. The van der Waals surface area contributed by atoms with Crippen LogP contribution in [0.5, 0.6) is 11.8 Å². The van der Waals surface area contributed by atoms with Crippen LogP contribution in [0.25, 0.3) is 22.4 Å². The Kier molecular flexibility index (Phi) is 6.26. The number of nitrogens with zero attached hydrogens (tertiary/aromatic N) is 5. The number of benzene rings is 2. The predicted octanol–water partition coefficient (Wildman–Crippen LogP) is 4.57. The van der Waals surface area contributed by atoms with Crippen LogP contribution in [0, 0.1) is 12.7 Å². The first kappa shape index (κ1) is 22.5. The minimum atomic E-state index is -0.614. The zero-order valence-electron chi connectivity index (χ0n) is 18.6. The normalized spacial score (nSPS) is 10.6. The molecule has 0 spiro atoms. The highest BCUT2D eigenvalue weighted by molar-refractivity contribution is 6.00. The fraction of sp³-hybridized carbons (Fsp3) is 0.0800. The lowest BCUT2D eigenvalue weighted by Crippen LogP contribution is -2.23. The number of aryl methyl sites for hydroxylation is 1. The van der Waals surface area contributed by atoms with E-state index in [1.54, 1.807) is 50.4 Å². The average Bonchev–Trinajstić information content (AvgIpc) is 2.84. The number of carbonyl (C=O) groups excluding carboxylic acids is 1. The highest BCUT2D eigenvalue weighted by atomic mass is 19.1. The van der Waals surface area contributed by atoms with E-state index < -0.39 is 5.82 Å². The van der Waals surface area contributed by atoms with Gasteiger partial charge in [-0.3, -0.25) is 4.79 Å². The summed E-state index contributed by atoms with van der Waals surface area (Å²) >= 11 is 0. The second-order valence-electron chi connectivity index (χ2n) is 7.36. The largest absolute Gasteiger partial charge is 0.421 e. The van der Waals surface area contributed by atoms with Crippen LogP contribution in [-0.2, 0) is 4.79 Å². The number of rotatable bonds is 6. The topological polar surface area (TPSA) is 107 Å². The zero-order valence-corrected chi connectivity index (χ0v) is 18.6. The van der Waals surface area contributed by atoms with Crippen LogP contribution in [0.1, 0.15) is 5.69 Å². The van der Waals surface area contributed by atoms with Gasteiger partial charge in [-0.2, -0.15) is 0 Å². The molecular weight excluding hydrogens is 435 g/mol. The summed E-state index contributed by atoms with van der Waals surface area (Å²) in [4.78, 5) is 29.9. The van der Waals surface area contributed by atoms with Gasteiger partial charge in [0.15, 0.2) is 11.6 Å². The summed E-state index contributed by atoms with van der Waals surface area (Å²) in [5.74, 6) is -0.668. The molecule has 9 heteroatoms. The molecule has 0 aliphatic carbocycles. The van der Waals surface area contributed by atoms with E-state index in [0.29, 0.717) is 28.2 Å². The number of amides is 1. The molecule has 0 radical (unpaired) electrons. The van der Waals surface area contributed by atoms with Crippen LogP contribution in [0.2, 0.25) is 0 Å². The lowest BCUT2D eigenvalue weighted by atomic mass is 9.99. The van der Waals surface area contributed by atoms with Crippen molar-refractivity contribution in [1.82, 2.24) is 19.9 Å². The van der Waals surface area contributed by atoms with E-state index in [-0.39, 0.29) is 23.5 Å². The molecular formula is C25H21FN6O2. The van der Waals surface area contributed by atoms with Crippen molar-refractivity contribution >= 4 is 17.4 Å². The van der Waals surface area contributed by atoms with Crippen LogP contribution < -0.4 is 15.4 Å². The fourth-order valence-corrected chi connectivity index (χ4v) is 3.32. The molecule has 2 heterocycles. The van der Waals surface area contributed by atoms with E-state index >= 15 is 0 Å². The SMILES string of the molecule is C=CC(=O)N(C)c1ccc(-c2ncnc(N)c2-c2ccc(Oc3nccc(C)n3)c(F)c2)cc1. The summed E-state index contributed by atoms with van der Waals surface area (Å²) < 4.78 is 20.4.